The number of amides is 1. The first kappa shape index (κ1) is 18.5. The van der Waals surface area contributed by atoms with Crippen LogP contribution in [0.3, 0.4) is 0 Å². The monoisotopic (exact) mass is 387 g/mol. The summed E-state index contributed by atoms with van der Waals surface area (Å²) in [6, 6.07) is 21.2. The van der Waals surface area contributed by atoms with Gasteiger partial charge < -0.3 is 19.9 Å². The number of para-hydroxylation sites is 1. The lowest BCUT2D eigenvalue weighted by molar-refractivity contribution is 0.102. The predicted molar refractivity (Wildman–Crippen MR) is 110 cm³/mol. The van der Waals surface area contributed by atoms with E-state index in [1.54, 1.807) is 36.4 Å². The van der Waals surface area contributed by atoms with Gasteiger partial charge in [-0.3, -0.25) is 4.79 Å². The Morgan fingerprint density at radius 3 is 2.41 bits per heavy atom. The van der Waals surface area contributed by atoms with Crippen molar-refractivity contribution in [1.29, 1.82) is 0 Å². The summed E-state index contributed by atoms with van der Waals surface area (Å²) in [6.45, 7) is -0.311. The number of fused-ring (bicyclic) bond motifs is 1. The molecule has 1 amide bonds. The number of aromatic hydroxyl groups is 1. The maximum Gasteiger partial charge on any atom is 0.353 e. The molecule has 0 aliphatic rings. The number of rotatable bonds is 4. The molecule has 0 spiro atoms. The number of hydrogen-bond acceptors (Lipinski definition) is 5. The van der Waals surface area contributed by atoms with Gasteiger partial charge in [0, 0.05) is 11.3 Å². The summed E-state index contributed by atoms with van der Waals surface area (Å²) in [5.74, 6) is -1.26. The van der Waals surface area contributed by atoms with Gasteiger partial charge in [-0.25, -0.2) is 4.79 Å². The Kier molecular flexibility index (Phi) is 4.85. The minimum atomic E-state index is -0.940. The van der Waals surface area contributed by atoms with Gasteiger partial charge >= 0.3 is 5.63 Å². The predicted octanol–water partition coefficient (Wildman–Crippen LogP) is 3.91. The maximum absolute atomic E-state index is 12.7. The van der Waals surface area contributed by atoms with Crippen LogP contribution in [0, 0.1) is 0 Å². The highest BCUT2D eigenvalue weighted by atomic mass is 16.4. The number of nitrogens with one attached hydrogen (secondary N) is 1. The third kappa shape index (κ3) is 3.49. The highest BCUT2D eigenvalue weighted by Crippen LogP contribution is 2.28. The first-order valence-corrected chi connectivity index (χ1v) is 8.94. The van der Waals surface area contributed by atoms with E-state index in [-0.39, 0.29) is 17.6 Å². The Hall–Kier alpha value is -3.90. The molecule has 0 saturated carbocycles. The Balaban J connectivity index is 1.70. The summed E-state index contributed by atoms with van der Waals surface area (Å²) in [5.41, 5.74) is 1.42. The summed E-state index contributed by atoms with van der Waals surface area (Å²) in [5, 5.41) is 23.0. The maximum atomic E-state index is 12.7. The number of anilines is 1. The van der Waals surface area contributed by atoms with E-state index < -0.39 is 22.8 Å². The second kappa shape index (κ2) is 7.61. The first-order valence-electron chi connectivity index (χ1n) is 8.94. The van der Waals surface area contributed by atoms with Crippen molar-refractivity contribution in [2.75, 3.05) is 5.32 Å². The standard InChI is InChI=1S/C23H17NO5/c25-13-16-12-15(14-6-2-1-3-7-14)10-11-18(16)24-22(27)20-21(26)17-8-4-5-9-19(17)29-23(20)28/h1-12,25-26H,13H2,(H,24,27). The van der Waals surface area contributed by atoms with E-state index in [4.69, 9.17) is 4.42 Å². The van der Waals surface area contributed by atoms with Crippen LogP contribution in [-0.4, -0.2) is 16.1 Å². The molecule has 0 aliphatic heterocycles. The van der Waals surface area contributed by atoms with Crippen molar-refractivity contribution in [1.82, 2.24) is 0 Å². The zero-order valence-corrected chi connectivity index (χ0v) is 15.3. The normalized spacial score (nSPS) is 10.8. The molecule has 6 nitrogen and oxygen atoms in total. The molecular weight excluding hydrogens is 370 g/mol. The number of hydrogen-bond donors (Lipinski definition) is 3. The number of aliphatic hydroxyl groups excluding tert-OH is 1. The molecule has 3 aromatic carbocycles. The lowest BCUT2D eigenvalue weighted by atomic mass is 10.0. The fourth-order valence-corrected chi connectivity index (χ4v) is 3.18. The summed E-state index contributed by atoms with van der Waals surface area (Å²) >= 11 is 0. The summed E-state index contributed by atoms with van der Waals surface area (Å²) < 4.78 is 5.14. The number of benzene rings is 3. The van der Waals surface area contributed by atoms with Crippen molar-refractivity contribution in [3.63, 3.8) is 0 Å². The zero-order valence-electron chi connectivity index (χ0n) is 15.3. The molecule has 144 valence electrons. The van der Waals surface area contributed by atoms with Crippen LogP contribution in [0.4, 0.5) is 5.69 Å². The third-order valence-corrected chi connectivity index (χ3v) is 4.64. The smallest absolute Gasteiger partial charge is 0.353 e. The molecule has 0 bridgehead atoms. The lowest BCUT2D eigenvalue weighted by Gasteiger charge is -2.12. The van der Waals surface area contributed by atoms with Crippen molar-refractivity contribution in [3.05, 3.63) is 94.3 Å². The Labute approximate surface area is 165 Å². The molecule has 29 heavy (non-hydrogen) atoms. The molecule has 0 saturated heterocycles. The highest BCUT2D eigenvalue weighted by Gasteiger charge is 2.21. The molecule has 0 aliphatic carbocycles. The molecule has 6 heteroatoms. The van der Waals surface area contributed by atoms with Crippen LogP contribution in [0.2, 0.25) is 0 Å². The van der Waals surface area contributed by atoms with E-state index in [1.807, 2.05) is 30.3 Å². The Morgan fingerprint density at radius 2 is 1.66 bits per heavy atom. The van der Waals surface area contributed by atoms with Crippen LogP contribution < -0.4 is 10.9 Å². The van der Waals surface area contributed by atoms with Gasteiger partial charge in [-0.2, -0.15) is 0 Å². The highest BCUT2D eigenvalue weighted by molar-refractivity contribution is 6.08. The fraction of sp³-hybridized carbons (Fsp3) is 0.0435. The van der Waals surface area contributed by atoms with E-state index in [9.17, 15) is 19.8 Å². The molecule has 0 unspecified atom stereocenters. The van der Waals surface area contributed by atoms with Gasteiger partial charge in [-0.15, -0.1) is 0 Å². The second-order valence-electron chi connectivity index (χ2n) is 6.46. The molecule has 0 radical (unpaired) electrons. The van der Waals surface area contributed by atoms with Gasteiger partial charge in [0.25, 0.3) is 5.91 Å². The van der Waals surface area contributed by atoms with Crippen molar-refractivity contribution >= 4 is 22.6 Å². The minimum absolute atomic E-state index is 0.190. The van der Waals surface area contributed by atoms with Crippen LogP contribution in [-0.2, 0) is 6.61 Å². The molecule has 4 aromatic rings. The molecule has 0 fully saturated rings. The fourth-order valence-electron chi connectivity index (χ4n) is 3.18. The molecule has 1 heterocycles. The number of carbonyl (C=O) groups excluding carboxylic acids is 1. The molecule has 1 aromatic heterocycles. The van der Waals surface area contributed by atoms with Gasteiger partial charge in [0.15, 0.2) is 5.56 Å². The average molecular weight is 387 g/mol. The van der Waals surface area contributed by atoms with E-state index >= 15 is 0 Å². The van der Waals surface area contributed by atoms with Crippen LogP contribution in [0.1, 0.15) is 15.9 Å². The summed E-state index contributed by atoms with van der Waals surface area (Å²) in [6.07, 6.45) is 0. The molecule has 0 atom stereocenters. The van der Waals surface area contributed by atoms with Crippen LogP contribution >= 0.6 is 0 Å². The van der Waals surface area contributed by atoms with Gasteiger partial charge in [0.1, 0.15) is 11.3 Å². The van der Waals surface area contributed by atoms with E-state index in [0.29, 0.717) is 11.3 Å². The van der Waals surface area contributed by atoms with E-state index in [0.717, 1.165) is 11.1 Å². The largest absolute Gasteiger partial charge is 0.506 e. The third-order valence-electron chi connectivity index (χ3n) is 4.64. The van der Waals surface area contributed by atoms with Gasteiger partial charge in [0.2, 0.25) is 0 Å². The summed E-state index contributed by atoms with van der Waals surface area (Å²) in [7, 11) is 0. The zero-order chi connectivity index (χ0) is 20.4. The van der Waals surface area contributed by atoms with Crippen LogP contribution in [0.5, 0.6) is 5.75 Å². The van der Waals surface area contributed by atoms with Crippen molar-refractivity contribution in [2.45, 2.75) is 6.61 Å². The quantitative estimate of drug-likeness (QED) is 0.461. The molecule has 4 rings (SSSR count). The number of aliphatic hydroxyl groups is 1. The topological polar surface area (TPSA) is 99.8 Å². The van der Waals surface area contributed by atoms with E-state index in [1.165, 1.54) is 6.07 Å². The number of carbonyl (C=O) groups is 1. The van der Waals surface area contributed by atoms with Crippen LogP contribution in [0.25, 0.3) is 22.1 Å². The van der Waals surface area contributed by atoms with Crippen LogP contribution in [0.15, 0.2) is 82.0 Å². The average Bonchev–Trinajstić information content (AvgIpc) is 2.74. The summed E-state index contributed by atoms with van der Waals surface area (Å²) in [4.78, 5) is 25.0. The second-order valence-corrected chi connectivity index (χ2v) is 6.46. The Bertz CT molecular complexity index is 1260. The van der Waals surface area contributed by atoms with Gasteiger partial charge in [-0.05, 0) is 35.4 Å². The SMILES string of the molecule is O=C(Nc1ccc(-c2ccccc2)cc1CO)c1c(O)c2ccccc2oc1=O. The van der Waals surface area contributed by atoms with E-state index in [2.05, 4.69) is 5.32 Å². The minimum Gasteiger partial charge on any atom is -0.506 e. The molecule has 3 N–H and O–H groups in total. The van der Waals surface area contributed by atoms with Crippen molar-refractivity contribution < 1.29 is 19.4 Å². The van der Waals surface area contributed by atoms with Gasteiger partial charge in [-0.1, -0.05) is 48.5 Å². The van der Waals surface area contributed by atoms with Crippen molar-refractivity contribution in [2.24, 2.45) is 0 Å². The van der Waals surface area contributed by atoms with Crippen molar-refractivity contribution in [3.8, 4) is 16.9 Å². The molecular formula is C23H17NO5. The Morgan fingerprint density at radius 1 is 0.931 bits per heavy atom. The van der Waals surface area contributed by atoms with Gasteiger partial charge in [0.05, 0.1) is 12.0 Å². The first-order chi connectivity index (χ1) is 14.1. The lowest BCUT2D eigenvalue weighted by Crippen LogP contribution is -2.21.